The summed E-state index contributed by atoms with van der Waals surface area (Å²) in [6.45, 7) is 0.199. The summed E-state index contributed by atoms with van der Waals surface area (Å²) in [6, 6.07) is 7.39. The van der Waals surface area contributed by atoms with Gasteiger partial charge in [-0.15, -0.1) is 0 Å². The summed E-state index contributed by atoms with van der Waals surface area (Å²) in [5.41, 5.74) is 0.785. The van der Waals surface area contributed by atoms with E-state index >= 15 is 0 Å². The van der Waals surface area contributed by atoms with Crippen LogP contribution in [0.25, 0.3) is 11.4 Å². The molecule has 0 aliphatic rings. The van der Waals surface area contributed by atoms with Crippen molar-refractivity contribution in [1.82, 2.24) is 15.0 Å². The fraction of sp³-hybridized carbons (Fsp3) is 0.250. The highest BCUT2D eigenvalue weighted by Crippen LogP contribution is 2.21. The third-order valence-corrected chi connectivity index (χ3v) is 2.40. The number of hydrogen-bond donors (Lipinski definition) is 0. The summed E-state index contributed by atoms with van der Waals surface area (Å²) >= 11 is 5.80. The molecule has 19 heavy (non-hydrogen) atoms. The number of halogens is 1. The molecule has 0 radical (unpaired) electrons. The molecule has 100 valence electrons. The molecule has 0 atom stereocenters. The van der Waals surface area contributed by atoms with Crippen molar-refractivity contribution in [3.05, 3.63) is 29.5 Å². The van der Waals surface area contributed by atoms with Gasteiger partial charge in [0.25, 0.3) is 0 Å². The quantitative estimate of drug-likeness (QED) is 0.783. The highest BCUT2D eigenvalue weighted by Gasteiger charge is 2.07. The third-order valence-electron chi connectivity index (χ3n) is 2.23. The van der Waals surface area contributed by atoms with Gasteiger partial charge in [0.15, 0.2) is 12.6 Å². The van der Waals surface area contributed by atoms with Gasteiger partial charge in [0.1, 0.15) is 5.75 Å². The smallest absolute Gasteiger partial charge is 0.321 e. The van der Waals surface area contributed by atoms with Crippen LogP contribution in [0.15, 0.2) is 24.3 Å². The number of hydrogen-bond acceptors (Lipinski definition) is 6. The maximum Gasteiger partial charge on any atom is 0.321 e. The fourth-order valence-electron chi connectivity index (χ4n) is 1.38. The molecule has 7 heteroatoms. The minimum Gasteiger partial charge on any atom is -0.468 e. The van der Waals surface area contributed by atoms with Crippen molar-refractivity contribution in [3.8, 4) is 23.1 Å². The molecule has 0 aliphatic heterocycles. The van der Waals surface area contributed by atoms with Crippen molar-refractivity contribution in [2.75, 3.05) is 21.0 Å². The molecular formula is C12H12ClN3O3. The Kier molecular flexibility index (Phi) is 4.48. The molecule has 0 amide bonds. The van der Waals surface area contributed by atoms with Crippen LogP contribution in [0.3, 0.4) is 0 Å². The summed E-state index contributed by atoms with van der Waals surface area (Å²) < 4.78 is 15.1. The average molecular weight is 282 g/mol. The third kappa shape index (κ3) is 3.52. The number of nitrogens with zero attached hydrogens (tertiary/aromatic N) is 3. The first kappa shape index (κ1) is 13.5. The van der Waals surface area contributed by atoms with Crippen molar-refractivity contribution in [2.45, 2.75) is 0 Å². The van der Waals surface area contributed by atoms with Gasteiger partial charge in [-0.25, -0.2) is 0 Å². The second kappa shape index (κ2) is 6.31. The van der Waals surface area contributed by atoms with E-state index in [1.807, 2.05) is 12.1 Å². The van der Waals surface area contributed by atoms with Crippen LogP contribution >= 0.6 is 11.6 Å². The first-order valence-corrected chi connectivity index (χ1v) is 5.78. The van der Waals surface area contributed by atoms with Gasteiger partial charge in [0.2, 0.25) is 5.28 Å². The second-order valence-electron chi connectivity index (χ2n) is 3.49. The van der Waals surface area contributed by atoms with Crippen LogP contribution in [0.2, 0.25) is 5.28 Å². The normalized spacial score (nSPS) is 10.3. The van der Waals surface area contributed by atoms with Crippen LogP contribution in [0.4, 0.5) is 0 Å². The molecule has 0 N–H and O–H groups in total. The Balaban J connectivity index is 2.24. The SMILES string of the molecule is COCOc1ccc(-c2nc(Cl)nc(OC)n2)cc1. The van der Waals surface area contributed by atoms with Gasteiger partial charge in [-0.1, -0.05) is 0 Å². The molecule has 1 aromatic heterocycles. The van der Waals surface area contributed by atoms with Gasteiger partial charge in [0.05, 0.1) is 7.11 Å². The molecule has 2 aromatic rings. The second-order valence-corrected chi connectivity index (χ2v) is 3.83. The van der Waals surface area contributed by atoms with E-state index in [0.717, 1.165) is 5.56 Å². The number of methoxy groups -OCH3 is 2. The van der Waals surface area contributed by atoms with E-state index in [1.165, 1.54) is 7.11 Å². The van der Waals surface area contributed by atoms with Crippen LogP contribution in [0, 0.1) is 0 Å². The van der Waals surface area contributed by atoms with Crippen LogP contribution in [0.1, 0.15) is 0 Å². The Morgan fingerprint density at radius 2 is 1.79 bits per heavy atom. The topological polar surface area (TPSA) is 66.4 Å². The maximum atomic E-state index is 5.80. The Bertz CT molecular complexity index is 548. The predicted molar refractivity (Wildman–Crippen MR) is 69.3 cm³/mol. The van der Waals surface area contributed by atoms with Gasteiger partial charge in [0, 0.05) is 12.7 Å². The number of rotatable bonds is 5. The van der Waals surface area contributed by atoms with E-state index in [2.05, 4.69) is 15.0 Å². The molecule has 0 unspecified atom stereocenters. The van der Waals surface area contributed by atoms with Crippen LogP contribution < -0.4 is 9.47 Å². The van der Waals surface area contributed by atoms with Crippen molar-refractivity contribution in [1.29, 1.82) is 0 Å². The Labute approximate surface area is 115 Å². The molecule has 2 rings (SSSR count). The lowest BCUT2D eigenvalue weighted by molar-refractivity contribution is 0.0511. The zero-order chi connectivity index (χ0) is 13.7. The molecule has 1 aromatic carbocycles. The van der Waals surface area contributed by atoms with Gasteiger partial charge in [-0.05, 0) is 35.9 Å². The van der Waals surface area contributed by atoms with Crippen LogP contribution in [0.5, 0.6) is 11.8 Å². The van der Waals surface area contributed by atoms with E-state index in [4.69, 9.17) is 25.8 Å². The first-order chi connectivity index (χ1) is 9.22. The molecule has 0 saturated carbocycles. The number of benzene rings is 1. The van der Waals surface area contributed by atoms with E-state index in [0.29, 0.717) is 11.6 Å². The summed E-state index contributed by atoms with van der Waals surface area (Å²) in [4.78, 5) is 12.0. The molecule has 6 nitrogen and oxygen atoms in total. The lowest BCUT2D eigenvalue weighted by Crippen LogP contribution is -1.99. The Morgan fingerprint density at radius 1 is 1.05 bits per heavy atom. The average Bonchev–Trinajstić information content (AvgIpc) is 2.45. The van der Waals surface area contributed by atoms with E-state index in [1.54, 1.807) is 19.2 Å². The minimum absolute atomic E-state index is 0.0848. The lowest BCUT2D eigenvalue weighted by Gasteiger charge is -2.06. The molecule has 0 aliphatic carbocycles. The summed E-state index contributed by atoms with van der Waals surface area (Å²) in [5.74, 6) is 1.13. The monoisotopic (exact) mass is 281 g/mol. The first-order valence-electron chi connectivity index (χ1n) is 5.40. The summed E-state index contributed by atoms with van der Waals surface area (Å²) in [6.07, 6.45) is 0. The zero-order valence-corrected chi connectivity index (χ0v) is 11.2. The van der Waals surface area contributed by atoms with Crippen molar-refractivity contribution in [3.63, 3.8) is 0 Å². The standard InChI is InChI=1S/C12H12ClN3O3/c1-17-7-19-9-5-3-8(4-6-9)10-14-11(13)16-12(15-10)18-2/h3-6H,7H2,1-2H3. The summed E-state index contributed by atoms with van der Waals surface area (Å²) in [5, 5.41) is 0.0848. The predicted octanol–water partition coefficient (Wildman–Crippen LogP) is 2.18. The van der Waals surface area contributed by atoms with E-state index in [-0.39, 0.29) is 18.1 Å². The largest absolute Gasteiger partial charge is 0.468 e. The molecular weight excluding hydrogens is 270 g/mol. The Morgan fingerprint density at radius 3 is 2.42 bits per heavy atom. The van der Waals surface area contributed by atoms with Gasteiger partial charge < -0.3 is 14.2 Å². The Hall–Kier alpha value is -1.92. The van der Waals surface area contributed by atoms with Gasteiger partial charge >= 0.3 is 6.01 Å². The van der Waals surface area contributed by atoms with Crippen molar-refractivity contribution >= 4 is 11.6 Å². The van der Waals surface area contributed by atoms with Gasteiger partial charge in [-0.3, -0.25) is 0 Å². The molecule has 0 spiro atoms. The molecule has 0 fully saturated rings. The van der Waals surface area contributed by atoms with Crippen LogP contribution in [-0.4, -0.2) is 36.0 Å². The molecule has 0 saturated heterocycles. The zero-order valence-electron chi connectivity index (χ0n) is 10.5. The van der Waals surface area contributed by atoms with E-state index < -0.39 is 0 Å². The highest BCUT2D eigenvalue weighted by molar-refractivity contribution is 6.28. The van der Waals surface area contributed by atoms with Gasteiger partial charge in [-0.2, -0.15) is 15.0 Å². The minimum atomic E-state index is 0.0848. The number of aromatic nitrogens is 3. The highest BCUT2D eigenvalue weighted by atomic mass is 35.5. The number of ether oxygens (including phenoxy) is 3. The lowest BCUT2D eigenvalue weighted by atomic mass is 10.2. The molecule has 0 bridgehead atoms. The fourth-order valence-corrected chi connectivity index (χ4v) is 1.53. The van der Waals surface area contributed by atoms with Crippen LogP contribution in [-0.2, 0) is 4.74 Å². The summed E-state index contributed by atoms with van der Waals surface area (Å²) in [7, 11) is 3.03. The van der Waals surface area contributed by atoms with E-state index in [9.17, 15) is 0 Å². The molecule has 1 heterocycles. The maximum absolute atomic E-state index is 5.80. The van der Waals surface area contributed by atoms with Crippen molar-refractivity contribution in [2.24, 2.45) is 0 Å². The van der Waals surface area contributed by atoms with Crippen molar-refractivity contribution < 1.29 is 14.2 Å².